The molecule has 3 heteroatoms. The first-order chi connectivity index (χ1) is 9.54. The normalized spacial score (nSPS) is 10.8. The molecule has 0 aliphatic rings. The molecule has 20 heavy (non-hydrogen) atoms. The molecule has 0 fully saturated rings. The third-order valence-electron chi connectivity index (χ3n) is 3.40. The van der Waals surface area contributed by atoms with Crippen LogP contribution in [0.4, 0.5) is 13.2 Å². The highest BCUT2D eigenvalue weighted by Gasteiger charge is 2.18. The fourth-order valence-electron chi connectivity index (χ4n) is 2.20. The van der Waals surface area contributed by atoms with Gasteiger partial charge in [-0.15, -0.1) is 0 Å². The first-order valence-electron chi connectivity index (χ1n) is 6.78. The summed E-state index contributed by atoms with van der Waals surface area (Å²) in [6, 6.07) is 7.98. The average molecular weight is 278 g/mol. The number of halogens is 3. The molecule has 106 valence electrons. The third-order valence-corrected chi connectivity index (χ3v) is 3.40. The van der Waals surface area contributed by atoms with Gasteiger partial charge in [-0.1, -0.05) is 37.6 Å². The van der Waals surface area contributed by atoms with Crippen LogP contribution in [0.2, 0.25) is 0 Å². The van der Waals surface area contributed by atoms with Crippen LogP contribution in [0.15, 0.2) is 30.3 Å². The Morgan fingerprint density at radius 1 is 0.950 bits per heavy atom. The lowest BCUT2D eigenvalue weighted by Gasteiger charge is -2.09. The second-order valence-electron chi connectivity index (χ2n) is 4.98. The maximum absolute atomic E-state index is 13.9. The highest BCUT2D eigenvalue weighted by atomic mass is 19.2. The first-order valence-corrected chi connectivity index (χ1v) is 6.78. The van der Waals surface area contributed by atoms with Crippen molar-refractivity contribution >= 4 is 0 Å². The van der Waals surface area contributed by atoms with E-state index in [0.717, 1.165) is 30.9 Å². The van der Waals surface area contributed by atoms with E-state index in [4.69, 9.17) is 0 Å². The molecule has 0 saturated carbocycles. The molecule has 0 atom stereocenters. The van der Waals surface area contributed by atoms with Gasteiger partial charge in [0.05, 0.1) is 5.56 Å². The monoisotopic (exact) mass is 278 g/mol. The quantitative estimate of drug-likeness (QED) is 0.655. The number of hydrogen-bond donors (Lipinski definition) is 0. The zero-order valence-corrected chi connectivity index (χ0v) is 11.6. The van der Waals surface area contributed by atoms with Crippen LogP contribution >= 0.6 is 0 Å². The Morgan fingerprint density at radius 2 is 1.60 bits per heavy atom. The molecule has 0 aliphatic heterocycles. The molecule has 0 aliphatic carbocycles. The van der Waals surface area contributed by atoms with Gasteiger partial charge in [0.1, 0.15) is 5.82 Å². The minimum absolute atomic E-state index is 0.0247. The van der Waals surface area contributed by atoms with E-state index in [9.17, 15) is 13.2 Å². The molecule has 0 heterocycles. The number of unbranched alkanes of at least 4 members (excludes halogenated alkanes) is 1. The maximum atomic E-state index is 13.9. The van der Waals surface area contributed by atoms with Gasteiger partial charge in [0.15, 0.2) is 11.6 Å². The van der Waals surface area contributed by atoms with Crippen molar-refractivity contribution in [1.29, 1.82) is 0 Å². The van der Waals surface area contributed by atoms with Gasteiger partial charge in [0, 0.05) is 0 Å². The summed E-state index contributed by atoms with van der Waals surface area (Å²) >= 11 is 0. The second-order valence-corrected chi connectivity index (χ2v) is 4.98. The van der Waals surface area contributed by atoms with Crippen molar-refractivity contribution in [2.45, 2.75) is 33.1 Å². The Hall–Kier alpha value is -1.77. The summed E-state index contributed by atoms with van der Waals surface area (Å²) in [5, 5.41) is 0. The smallest absolute Gasteiger partial charge is 0.169 e. The van der Waals surface area contributed by atoms with Crippen LogP contribution in [0.25, 0.3) is 11.1 Å². The molecule has 0 aromatic heterocycles. The fraction of sp³-hybridized carbons (Fsp3) is 0.294. The van der Waals surface area contributed by atoms with Crippen LogP contribution in [0, 0.1) is 24.4 Å². The van der Waals surface area contributed by atoms with Crippen LogP contribution in [-0.2, 0) is 6.42 Å². The summed E-state index contributed by atoms with van der Waals surface area (Å²) < 4.78 is 41.3. The Morgan fingerprint density at radius 3 is 2.20 bits per heavy atom. The van der Waals surface area contributed by atoms with Crippen molar-refractivity contribution in [1.82, 2.24) is 0 Å². The van der Waals surface area contributed by atoms with Gasteiger partial charge in [-0.2, -0.15) is 0 Å². The van der Waals surface area contributed by atoms with Crippen molar-refractivity contribution in [3.63, 3.8) is 0 Å². The predicted molar refractivity (Wildman–Crippen MR) is 75.1 cm³/mol. The lowest BCUT2D eigenvalue weighted by Crippen LogP contribution is -1.98. The van der Waals surface area contributed by atoms with Crippen molar-refractivity contribution in [3.8, 4) is 11.1 Å². The van der Waals surface area contributed by atoms with Crippen molar-refractivity contribution < 1.29 is 13.2 Å². The van der Waals surface area contributed by atoms with E-state index in [0.29, 0.717) is 5.56 Å². The molecule has 0 spiro atoms. The van der Waals surface area contributed by atoms with E-state index in [-0.39, 0.29) is 11.1 Å². The van der Waals surface area contributed by atoms with E-state index in [1.54, 1.807) is 12.1 Å². The van der Waals surface area contributed by atoms with Gasteiger partial charge >= 0.3 is 0 Å². The van der Waals surface area contributed by atoms with E-state index in [1.807, 2.05) is 12.1 Å². The molecule has 2 aromatic carbocycles. The van der Waals surface area contributed by atoms with Crippen LogP contribution < -0.4 is 0 Å². The van der Waals surface area contributed by atoms with Crippen molar-refractivity contribution in [2.24, 2.45) is 0 Å². The Labute approximate surface area is 117 Å². The van der Waals surface area contributed by atoms with Gasteiger partial charge < -0.3 is 0 Å². The molecule has 0 bridgehead atoms. The highest BCUT2D eigenvalue weighted by molar-refractivity contribution is 5.65. The number of benzene rings is 2. The summed E-state index contributed by atoms with van der Waals surface area (Å²) in [5.41, 5.74) is 1.15. The van der Waals surface area contributed by atoms with E-state index in [1.165, 1.54) is 6.92 Å². The Balaban J connectivity index is 2.39. The molecular weight excluding hydrogens is 261 g/mol. The molecule has 0 radical (unpaired) electrons. The largest absolute Gasteiger partial charge is 0.206 e. The lowest BCUT2D eigenvalue weighted by molar-refractivity contribution is 0.493. The number of hydrogen-bond acceptors (Lipinski definition) is 0. The number of rotatable bonds is 4. The van der Waals surface area contributed by atoms with Gasteiger partial charge in [-0.25, -0.2) is 13.2 Å². The summed E-state index contributed by atoms with van der Waals surface area (Å²) in [4.78, 5) is 0. The molecular formula is C17H17F3. The zero-order chi connectivity index (χ0) is 14.7. The molecule has 0 nitrogen and oxygen atoms in total. The summed E-state index contributed by atoms with van der Waals surface area (Å²) in [7, 11) is 0. The summed E-state index contributed by atoms with van der Waals surface area (Å²) in [5.74, 6) is -2.84. The summed E-state index contributed by atoms with van der Waals surface area (Å²) in [6.45, 7) is 3.45. The van der Waals surface area contributed by atoms with Crippen molar-refractivity contribution in [2.75, 3.05) is 0 Å². The molecule has 0 saturated heterocycles. The topological polar surface area (TPSA) is 0 Å². The van der Waals surface area contributed by atoms with Crippen LogP contribution in [0.5, 0.6) is 0 Å². The van der Waals surface area contributed by atoms with Crippen LogP contribution in [-0.4, -0.2) is 0 Å². The molecule has 0 unspecified atom stereocenters. The van der Waals surface area contributed by atoms with Crippen LogP contribution in [0.1, 0.15) is 30.9 Å². The molecule has 2 rings (SSSR count). The SMILES string of the molecule is CCCCc1ccc(-c2c(F)cc(C)c(F)c2F)cc1. The van der Waals surface area contributed by atoms with Crippen molar-refractivity contribution in [3.05, 3.63) is 58.9 Å². The average Bonchev–Trinajstić information content (AvgIpc) is 2.44. The maximum Gasteiger partial charge on any atom is 0.169 e. The number of aryl methyl sites for hydroxylation is 2. The standard InChI is InChI=1S/C17H17F3/c1-3-4-5-12-6-8-13(9-7-12)15-14(18)10-11(2)16(19)17(15)20/h6-10H,3-5H2,1-2H3. The first kappa shape index (κ1) is 14.6. The van der Waals surface area contributed by atoms with E-state index >= 15 is 0 Å². The molecule has 0 N–H and O–H groups in total. The third kappa shape index (κ3) is 2.87. The van der Waals surface area contributed by atoms with Gasteiger partial charge in [0.2, 0.25) is 0 Å². The minimum Gasteiger partial charge on any atom is -0.206 e. The lowest BCUT2D eigenvalue weighted by atomic mass is 9.99. The van der Waals surface area contributed by atoms with E-state index < -0.39 is 17.5 Å². The van der Waals surface area contributed by atoms with Gasteiger partial charge in [-0.3, -0.25) is 0 Å². The summed E-state index contributed by atoms with van der Waals surface area (Å²) in [6.07, 6.45) is 3.10. The van der Waals surface area contributed by atoms with Gasteiger partial charge in [-0.05, 0) is 42.5 Å². The van der Waals surface area contributed by atoms with Crippen LogP contribution in [0.3, 0.4) is 0 Å². The Bertz CT molecular complexity index is 601. The second kappa shape index (κ2) is 6.12. The molecule has 0 amide bonds. The van der Waals surface area contributed by atoms with E-state index in [2.05, 4.69) is 6.92 Å². The fourth-order valence-corrected chi connectivity index (χ4v) is 2.20. The minimum atomic E-state index is -1.12. The highest BCUT2D eigenvalue weighted by Crippen LogP contribution is 2.29. The predicted octanol–water partition coefficient (Wildman–Crippen LogP) is 5.42. The Kier molecular flexibility index (Phi) is 4.48. The molecule has 2 aromatic rings. The zero-order valence-electron chi connectivity index (χ0n) is 11.6. The van der Waals surface area contributed by atoms with Gasteiger partial charge in [0.25, 0.3) is 0 Å².